The van der Waals surface area contributed by atoms with E-state index < -0.39 is 27.6 Å². The van der Waals surface area contributed by atoms with Gasteiger partial charge in [-0.3, -0.25) is 9.55 Å². The van der Waals surface area contributed by atoms with Crippen LogP contribution in [0.15, 0.2) is 4.99 Å². The van der Waals surface area contributed by atoms with E-state index in [1.54, 1.807) is 13.8 Å². The molecule has 0 heterocycles. The van der Waals surface area contributed by atoms with Crippen molar-refractivity contribution in [1.82, 2.24) is 0 Å². The van der Waals surface area contributed by atoms with E-state index in [1.807, 2.05) is 0 Å². The Labute approximate surface area is 83.6 Å². The first kappa shape index (κ1) is 13.5. The van der Waals surface area contributed by atoms with Gasteiger partial charge in [0.15, 0.2) is 6.23 Å². The summed E-state index contributed by atoms with van der Waals surface area (Å²) in [5.41, 5.74) is 4.65. The predicted molar refractivity (Wildman–Crippen MR) is 53.8 cm³/mol. The molecule has 4 N–H and O–H groups in total. The number of rotatable bonds is 5. The van der Waals surface area contributed by atoms with E-state index in [2.05, 4.69) is 4.99 Å². The fraction of sp³-hybridized carbons (Fsp3) is 0.857. The third kappa shape index (κ3) is 6.96. The molecule has 0 amide bonds. The molecule has 0 saturated carbocycles. The minimum atomic E-state index is -3.96. The van der Waals surface area contributed by atoms with Gasteiger partial charge in [-0.25, -0.2) is 0 Å². The molecule has 0 aliphatic heterocycles. The van der Waals surface area contributed by atoms with E-state index in [9.17, 15) is 13.5 Å². The minimum Gasteiger partial charge on any atom is -0.370 e. The van der Waals surface area contributed by atoms with Crippen molar-refractivity contribution in [2.75, 3.05) is 5.75 Å². The van der Waals surface area contributed by atoms with Gasteiger partial charge in [-0.15, -0.1) is 0 Å². The van der Waals surface area contributed by atoms with Crippen LogP contribution in [0.3, 0.4) is 0 Å². The third-order valence-corrected chi connectivity index (χ3v) is 2.17. The highest BCUT2D eigenvalue weighted by atomic mass is 32.2. The van der Waals surface area contributed by atoms with Crippen molar-refractivity contribution in [3.8, 4) is 0 Å². The molecule has 0 aromatic carbocycles. The van der Waals surface area contributed by atoms with Gasteiger partial charge in [-0.1, -0.05) is 0 Å². The van der Waals surface area contributed by atoms with Crippen LogP contribution in [0.1, 0.15) is 20.3 Å². The van der Waals surface area contributed by atoms with Gasteiger partial charge in [0.1, 0.15) is 0 Å². The van der Waals surface area contributed by atoms with Crippen LogP contribution >= 0.6 is 0 Å². The topological polar surface area (TPSA) is 113 Å². The van der Waals surface area contributed by atoms with E-state index in [1.165, 1.54) is 6.21 Å². The number of aliphatic imine (C=N–C) groups is 1. The minimum absolute atomic E-state index is 0.0476. The predicted octanol–water partition coefficient (Wildman–Crippen LogP) is -0.609. The Bertz CT molecular complexity index is 291. The van der Waals surface area contributed by atoms with Crippen LogP contribution in [0.5, 0.6) is 0 Å². The molecule has 0 aromatic rings. The zero-order chi connectivity index (χ0) is 11.4. The molecule has 0 bridgehead atoms. The largest absolute Gasteiger partial charge is 0.370 e. The summed E-state index contributed by atoms with van der Waals surface area (Å²) in [4.78, 5) is 3.63. The zero-order valence-corrected chi connectivity index (χ0v) is 9.03. The number of nitrogens with two attached hydrogens (primary N) is 1. The fourth-order valence-corrected chi connectivity index (χ4v) is 0.971. The molecule has 0 fully saturated rings. The van der Waals surface area contributed by atoms with Gasteiger partial charge in [-0.2, -0.15) is 8.42 Å². The van der Waals surface area contributed by atoms with Gasteiger partial charge in [0, 0.05) is 6.21 Å². The highest BCUT2D eigenvalue weighted by molar-refractivity contribution is 7.85. The lowest BCUT2D eigenvalue weighted by Crippen LogP contribution is -2.43. The van der Waals surface area contributed by atoms with E-state index >= 15 is 0 Å². The lowest BCUT2D eigenvalue weighted by atomic mass is 10.1. The van der Waals surface area contributed by atoms with Crippen LogP contribution in [-0.4, -0.2) is 41.8 Å². The zero-order valence-electron chi connectivity index (χ0n) is 8.21. The van der Waals surface area contributed by atoms with Gasteiger partial charge in [0.25, 0.3) is 10.1 Å². The Morgan fingerprint density at radius 3 is 2.43 bits per heavy atom. The summed E-state index contributed by atoms with van der Waals surface area (Å²) in [6, 6.07) is 0. The standard InChI is InChI=1S/C7H16N2O4S/c1-7(2,8)6(10)9-4-3-5-14(11,12)13/h4,6,10H,3,5,8H2,1-2H3,(H,11,12,13). The van der Waals surface area contributed by atoms with Crippen LogP contribution in [0, 0.1) is 0 Å². The second-order valence-corrected chi connectivity index (χ2v) is 5.17. The normalized spacial score (nSPS) is 16.1. The molecule has 0 aliphatic carbocycles. The van der Waals surface area contributed by atoms with Crippen molar-refractivity contribution in [2.24, 2.45) is 10.7 Å². The lowest BCUT2D eigenvalue weighted by Gasteiger charge is -2.21. The molecule has 0 rings (SSSR count). The number of aliphatic hydroxyl groups excluding tert-OH is 1. The summed E-state index contributed by atoms with van der Waals surface area (Å²) in [6.07, 6.45) is 0.197. The second kappa shape index (κ2) is 4.83. The van der Waals surface area contributed by atoms with Gasteiger partial charge >= 0.3 is 0 Å². The van der Waals surface area contributed by atoms with E-state index in [-0.39, 0.29) is 6.42 Å². The van der Waals surface area contributed by atoms with Crippen molar-refractivity contribution in [2.45, 2.75) is 32.0 Å². The van der Waals surface area contributed by atoms with Crippen molar-refractivity contribution in [3.05, 3.63) is 0 Å². The van der Waals surface area contributed by atoms with Gasteiger partial charge in [-0.05, 0) is 20.3 Å². The maximum atomic E-state index is 10.3. The quantitative estimate of drug-likeness (QED) is 0.426. The second-order valence-electron chi connectivity index (χ2n) is 3.60. The summed E-state index contributed by atoms with van der Waals surface area (Å²) in [7, 11) is -3.96. The number of hydrogen-bond acceptors (Lipinski definition) is 5. The first-order valence-corrected chi connectivity index (χ1v) is 5.67. The Hall–Kier alpha value is -0.500. The van der Waals surface area contributed by atoms with E-state index in [4.69, 9.17) is 10.3 Å². The Balaban J connectivity index is 3.97. The molecule has 0 saturated heterocycles. The molecule has 0 radical (unpaired) electrons. The van der Waals surface area contributed by atoms with Crippen molar-refractivity contribution in [1.29, 1.82) is 0 Å². The molecule has 14 heavy (non-hydrogen) atoms. The Morgan fingerprint density at radius 2 is 2.07 bits per heavy atom. The molecule has 1 unspecified atom stereocenters. The van der Waals surface area contributed by atoms with Crippen LogP contribution < -0.4 is 5.73 Å². The fourth-order valence-electron chi connectivity index (χ4n) is 0.568. The van der Waals surface area contributed by atoms with Gasteiger partial charge in [0.05, 0.1) is 11.3 Å². The van der Waals surface area contributed by atoms with Crippen LogP contribution in [0.25, 0.3) is 0 Å². The van der Waals surface area contributed by atoms with E-state index in [0.29, 0.717) is 0 Å². The molecule has 7 heteroatoms. The molecule has 0 aliphatic rings. The molecule has 1 atom stereocenters. The molecule has 0 spiro atoms. The maximum absolute atomic E-state index is 10.3. The monoisotopic (exact) mass is 224 g/mol. The SMILES string of the molecule is CC(C)(N)C(O)N=CCCS(=O)(=O)O. The van der Waals surface area contributed by atoms with Crippen LogP contribution in [0.2, 0.25) is 0 Å². The highest BCUT2D eigenvalue weighted by Crippen LogP contribution is 2.05. The third-order valence-electron chi connectivity index (χ3n) is 1.42. The summed E-state index contributed by atoms with van der Waals surface area (Å²) < 4.78 is 28.9. The van der Waals surface area contributed by atoms with Crippen molar-refractivity contribution in [3.63, 3.8) is 0 Å². The average Bonchev–Trinajstić information content (AvgIpc) is 1.93. The number of hydrogen-bond donors (Lipinski definition) is 3. The Kier molecular flexibility index (Phi) is 4.66. The maximum Gasteiger partial charge on any atom is 0.265 e. The first-order valence-electron chi connectivity index (χ1n) is 4.06. The number of aliphatic hydroxyl groups is 1. The summed E-state index contributed by atoms with van der Waals surface area (Å²) in [5, 5.41) is 9.28. The van der Waals surface area contributed by atoms with Crippen LogP contribution in [0.4, 0.5) is 0 Å². The molecular weight excluding hydrogens is 208 g/mol. The van der Waals surface area contributed by atoms with Crippen molar-refractivity contribution >= 4 is 16.3 Å². The molecule has 6 nitrogen and oxygen atoms in total. The summed E-state index contributed by atoms with van der Waals surface area (Å²) >= 11 is 0. The number of nitrogens with zero attached hydrogens (tertiary/aromatic N) is 1. The molecular formula is C7H16N2O4S. The smallest absolute Gasteiger partial charge is 0.265 e. The van der Waals surface area contributed by atoms with Crippen molar-refractivity contribution < 1.29 is 18.1 Å². The Morgan fingerprint density at radius 1 is 1.57 bits per heavy atom. The van der Waals surface area contributed by atoms with E-state index in [0.717, 1.165) is 0 Å². The first-order chi connectivity index (χ1) is 6.13. The highest BCUT2D eigenvalue weighted by Gasteiger charge is 2.20. The van der Waals surface area contributed by atoms with Crippen LogP contribution in [-0.2, 0) is 10.1 Å². The molecule has 0 aromatic heterocycles. The van der Waals surface area contributed by atoms with Gasteiger partial charge in [0.2, 0.25) is 0 Å². The lowest BCUT2D eigenvalue weighted by molar-refractivity contribution is 0.113. The average molecular weight is 224 g/mol. The van der Waals surface area contributed by atoms with Gasteiger partial charge < -0.3 is 10.8 Å². The summed E-state index contributed by atoms with van der Waals surface area (Å²) in [6.45, 7) is 3.19. The molecule has 84 valence electrons. The summed E-state index contributed by atoms with van der Waals surface area (Å²) in [5.74, 6) is -0.409.